The highest BCUT2D eigenvalue weighted by molar-refractivity contribution is 5.87. The maximum Gasteiger partial charge on any atom is 0.229 e. The molecule has 6 rings (SSSR count). The van der Waals surface area contributed by atoms with Crippen molar-refractivity contribution in [2.75, 3.05) is 48.0 Å². The minimum absolute atomic E-state index is 0.255. The molecule has 2 aromatic carbocycles. The number of fused-ring (bicyclic) bond motifs is 2. The van der Waals surface area contributed by atoms with Crippen LogP contribution in [-0.4, -0.2) is 52.4 Å². The molecule has 0 bridgehead atoms. The van der Waals surface area contributed by atoms with Crippen LogP contribution in [0, 0.1) is 0 Å². The van der Waals surface area contributed by atoms with Crippen molar-refractivity contribution in [3.63, 3.8) is 0 Å². The number of ether oxygens (including phenoxy) is 1. The van der Waals surface area contributed by atoms with Crippen LogP contribution in [0.25, 0.3) is 11.2 Å². The van der Waals surface area contributed by atoms with Crippen molar-refractivity contribution in [2.45, 2.75) is 32.9 Å². The highest BCUT2D eigenvalue weighted by Crippen LogP contribution is 2.30. The molecular weight excluding hydrogens is 438 g/mol. The van der Waals surface area contributed by atoms with E-state index < -0.39 is 0 Å². The van der Waals surface area contributed by atoms with Gasteiger partial charge in [-0.15, -0.1) is 0 Å². The summed E-state index contributed by atoms with van der Waals surface area (Å²) in [5, 5.41) is 3.53. The summed E-state index contributed by atoms with van der Waals surface area (Å²) in [6.45, 7) is 9.41. The van der Waals surface area contributed by atoms with Crippen molar-refractivity contribution in [2.24, 2.45) is 0 Å². The van der Waals surface area contributed by atoms with Gasteiger partial charge in [-0.25, -0.2) is 4.98 Å². The number of hydrogen-bond donors (Lipinski definition) is 1. The highest BCUT2D eigenvalue weighted by atomic mass is 16.5. The van der Waals surface area contributed by atoms with Gasteiger partial charge in [0.15, 0.2) is 17.0 Å². The maximum atomic E-state index is 5.48. The Bertz CT molecular complexity index is 1330. The standard InChI is InChI=1S/C27H31N7O/c1-19(2)34-18-28-24-25(29-22-7-9-23(10-8-22)32-13-15-35-16-14-32)30-27(31-26(24)34)33-12-11-20-5-3-4-6-21(20)17-33/h3-10,18-19H,11-17H2,1-2H3,(H,29,30,31). The lowest BCUT2D eigenvalue weighted by molar-refractivity contribution is 0.122. The Balaban J connectivity index is 1.33. The molecule has 35 heavy (non-hydrogen) atoms. The first-order valence-electron chi connectivity index (χ1n) is 12.4. The number of benzene rings is 2. The molecule has 0 saturated carbocycles. The van der Waals surface area contributed by atoms with E-state index in [4.69, 9.17) is 14.7 Å². The first-order valence-corrected chi connectivity index (χ1v) is 12.4. The Labute approximate surface area is 205 Å². The van der Waals surface area contributed by atoms with E-state index in [0.29, 0.717) is 0 Å². The lowest BCUT2D eigenvalue weighted by Gasteiger charge is -2.29. The van der Waals surface area contributed by atoms with E-state index in [1.54, 1.807) is 0 Å². The zero-order valence-corrected chi connectivity index (χ0v) is 20.3. The third kappa shape index (κ3) is 4.30. The van der Waals surface area contributed by atoms with Gasteiger partial charge in [0.25, 0.3) is 0 Å². The van der Waals surface area contributed by atoms with Crippen molar-refractivity contribution >= 4 is 34.3 Å². The first-order chi connectivity index (χ1) is 17.2. The van der Waals surface area contributed by atoms with Crippen molar-refractivity contribution in [1.29, 1.82) is 0 Å². The lowest BCUT2D eigenvalue weighted by atomic mass is 10.0. The first kappa shape index (κ1) is 21.9. The fourth-order valence-electron chi connectivity index (χ4n) is 4.89. The van der Waals surface area contributed by atoms with E-state index in [1.807, 2.05) is 6.33 Å². The molecule has 0 radical (unpaired) electrons. The van der Waals surface area contributed by atoms with Crippen LogP contribution in [0.5, 0.6) is 0 Å². The summed E-state index contributed by atoms with van der Waals surface area (Å²) in [6, 6.07) is 17.4. The number of anilines is 4. The van der Waals surface area contributed by atoms with Gasteiger partial charge in [0, 0.05) is 43.6 Å². The van der Waals surface area contributed by atoms with Gasteiger partial charge in [0.05, 0.1) is 19.5 Å². The van der Waals surface area contributed by atoms with Gasteiger partial charge in [0.1, 0.15) is 0 Å². The van der Waals surface area contributed by atoms with Crippen LogP contribution < -0.4 is 15.1 Å². The molecule has 0 amide bonds. The predicted octanol–water partition coefficient (Wildman–Crippen LogP) is 4.55. The topological polar surface area (TPSA) is 71.3 Å². The van der Waals surface area contributed by atoms with E-state index in [-0.39, 0.29) is 6.04 Å². The fraction of sp³-hybridized carbons (Fsp3) is 0.370. The second kappa shape index (κ2) is 9.19. The number of hydrogen-bond acceptors (Lipinski definition) is 7. The molecule has 4 heterocycles. The molecule has 4 aromatic rings. The van der Waals surface area contributed by atoms with Gasteiger partial charge >= 0.3 is 0 Å². The van der Waals surface area contributed by atoms with Crippen molar-refractivity contribution in [1.82, 2.24) is 19.5 Å². The van der Waals surface area contributed by atoms with Gasteiger partial charge in [-0.1, -0.05) is 24.3 Å². The van der Waals surface area contributed by atoms with Crippen LogP contribution in [-0.2, 0) is 17.7 Å². The number of imidazole rings is 1. The number of nitrogens with one attached hydrogen (secondary N) is 1. The van der Waals surface area contributed by atoms with Crippen molar-refractivity contribution in [3.8, 4) is 0 Å². The summed E-state index contributed by atoms with van der Waals surface area (Å²) < 4.78 is 7.60. The number of nitrogens with zero attached hydrogens (tertiary/aromatic N) is 6. The molecule has 1 saturated heterocycles. The molecule has 2 aromatic heterocycles. The second-order valence-corrected chi connectivity index (χ2v) is 9.50. The van der Waals surface area contributed by atoms with E-state index in [9.17, 15) is 0 Å². The highest BCUT2D eigenvalue weighted by Gasteiger charge is 2.22. The van der Waals surface area contributed by atoms with Gasteiger partial charge in [-0.05, 0) is 55.7 Å². The zero-order chi connectivity index (χ0) is 23.8. The van der Waals surface area contributed by atoms with Gasteiger partial charge < -0.3 is 24.4 Å². The average Bonchev–Trinajstić information content (AvgIpc) is 3.34. The van der Waals surface area contributed by atoms with E-state index >= 15 is 0 Å². The zero-order valence-electron chi connectivity index (χ0n) is 20.3. The van der Waals surface area contributed by atoms with Crippen molar-refractivity contribution < 1.29 is 4.74 Å². The molecule has 180 valence electrons. The smallest absolute Gasteiger partial charge is 0.229 e. The molecule has 8 heteroatoms. The van der Waals surface area contributed by atoms with Crippen LogP contribution in [0.1, 0.15) is 31.0 Å². The minimum Gasteiger partial charge on any atom is -0.378 e. The number of rotatable bonds is 5. The summed E-state index contributed by atoms with van der Waals surface area (Å²) in [6.07, 6.45) is 2.86. The van der Waals surface area contributed by atoms with Crippen LogP contribution in [0.2, 0.25) is 0 Å². The normalized spacial score (nSPS) is 16.1. The average molecular weight is 470 g/mol. The largest absolute Gasteiger partial charge is 0.378 e. The minimum atomic E-state index is 0.255. The van der Waals surface area contributed by atoms with Gasteiger partial charge in [0.2, 0.25) is 5.95 Å². The number of aromatic nitrogens is 4. The summed E-state index contributed by atoms with van der Waals surface area (Å²) >= 11 is 0. The summed E-state index contributed by atoms with van der Waals surface area (Å²) in [5.74, 6) is 1.48. The SMILES string of the molecule is CC(C)n1cnc2c(Nc3ccc(N4CCOCC4)cc3)nc(N3CCc4ccccc4C3)nc21. The van der Waals surface area contributed by atoms with Crippen LogP contribution in [0.3, 0.4) is 0 Å². The third-order valence-corrected chi connectivity index (χ3v) is 6.89. The quantitative estimate of drug-likeness (QED) is 0.460. The van der Waals surface area contributed by atoms with Crippen LogP contribution >= 0.6 is 0 Å². The summed E-state index contributed by atoms with van der Waals surface area (Å²) in [5.41, 5.74) is 6.59. The second-order valence-electron chi connectivity index (χ2n) is 9.50. The lowest BCUT2D eigenvalue weighted by Crippen LogP contribution is -2.36. The Kier molecular flexibility index (Phi) is 5.74. The number of morpholine rings is 1. The van der Waals surface area contributed by atoms with E-state index in [2.05, 4.69) is 87.0 Å². The Morgan fingerprint density at radius 2 is 1.66 bits per heavy atom. The molecule has 0 spiro atoms. The molecule has 8 nitrogen and oxygen atoms in total. The maximum absolute atomic E-state index is 5.48. The molecule has 0 aliphatic carbocycles. The molecule has 2 aliphatic rings. The molecule has 2 aliphatic heterocycles. The fourth-order valence-corrected chi connectivity index (χ4v) is 4.89. The van der Waals surface area contributed by atoms with Crippen LogP contribution in [0.4, 0.5) is 23.1 Å². The van der Waals surface area contributed by atoms with Crippen molar-refractivity contribution in [3.05, 3.63) is 66.0 Å². The predicted molar refractivity (Wildman–Crippen MR) is 140 cm³/mol. The van der Waals surface area contributed by atoms with Gasteiger partial charge in [-0.2, -0.15) is 9.97 Å². The Morgan fingerprint density at radius 3 is 2.43 bits per heavy atom. The van der Waals surface area contributed by atoms with E-state index in [0.717, 1.165) is 74.4 Å². The monoisotopic (exact) mass is 469 g/mol. The Hall–Kier alpha value is -3.65. The summed E-state index contributed by atoms with van der Waals surface area (Å²) in [7, 11) is 0. The molecule has 1 fully saturated rings. The third-order valence-electron chi connectivity index (χ3n) is 6.89. The molecule has 0 atom stereocenters. The van der Waals surface area contributed by atoms with E-state index in [1.165, 1.54) is 16.8 Å². The van der Waals surface area contributed by atoms with Gasteiger partial charge in [-0.3, -0.25) is 0 Å². The molecule has 1 N–H and O–H groups in total. The van der Waals surface area contributed by atoms with Crippen LogP contribution in [0.15, 0.2) is 54.9 Å². The summed E-state index contributed by atoms with van der Waals surface area (Å²) in [4.78, 5) is 19.3. The Morgan fingerprint density at radius 1 is 0.886 bits per heavy atom. The molecular formula is C27H31N7O. The molecule has 0 unspecified atom stereocenters.